The number of pyridine rings is 1. The Bertz CT molecular complexity index is 704. The lowest BCUT2D eigenvalue weighted by Crippen LogP contribution is -2.33. The molecule has 0 spiro atoms. The minimum Gasteiger partial charge on any atom is -0.326 e. The molecule has 3 nitrogen and oxygen atoms in total. The van der Waals surface area contributed by atoms with Gasteiger partial charge in [0.1, 0.15) is 0 Å². The highest BCUT2D eigenvalue weighted by Crippen LogP contribution is 2.36. The first-order chi connectivity index (χ1) is 10.1. The summed E-state index contributed by atoms with van der Waals surface area (Å²) in [6.45, 7) is 4.93. The van der Waals surface area contributed by atoms with Crippen LogP contribution in [0.25, 0.3) is 10.9 Å². The van der Waals surface area contributed by atoms with E-state index in [1.165, 1.54) is 6.42 Å². The summed E-state index contributed by atoms with van der Waals surface area (Å²) in [5.41, 5.74) is 7.65. The standard InChI is InChI=1S/C18H24N2O/c1-12-7-8-16(9-13(12)2)20-17-6-4-3-5-14(17)10-15(11-19)18(20)21/h3-6,10,12-13,16H,7-9,11,19H2,1-2H3. The molecule has 0 amide bonds. The zero-order valence-corrected chi connectivity index (χ0v) is 12.9. The number of hydrogen-bond donors (Lipinski definition) is 1. The van der Waals surface area contributed by atoms with E-state index in [0.717, 1.165) is 35.2 Å². The number of para-hydroxylation sites is 1. The third-order valence-electron chi connectivity index (χ3n) is 5.18. The van der Waals surface area contributed by atoms with Crippen molar-refractivity contribution >= 4 is 10.9 Å². The maximum Gasteiger partial charge on any atom is 0.255 e. The van der Waals surface area contributed by atoms with Gasteiger partial charge in [-0.3, -0.25) is 4.79 Å². The molecule has 2 aromatic rings. The molecule has 0 radical (unpaired) electrons. The van der Waals surface area contributed by atoms with E-state index in [1.54, 1.807) is 0 Å². The van der Waals surface area contributed by atoms with Crippen LogP contribution >= 0.6 is 0 Å². The molecular weight excluding hydrogens is 260 g/mol. The van der Waals surface area contributed by atoms with Crippen molar-refractivity contribution < 1.29 is 0 Å². The van der Waals surface area contributed by atoms with Crippen LogP contribution in [0.4, 0.5) is 0 Å². The van der Waals surface area contributed by atoms with Crippen molar-refractivity contribution in [3.8, 4) is 0 Å². The second-order valence-electron chi connectivity index (χ2n) is 6.53. The summed E-state index contributed by atoms with van der Waals surface area (Å²) in [6, 6.07) is 10.4. The molecule has 3 rings (SSSR count). The predicted molar refractivity (Wildman–Crippen MR) is 87.3 cm³/mol. The second kappa shape index (κ2) is 5.64. The first-order valence-electron chi connectivity index (χ1n) is 7.95. The number of benzene rings is 1. The van der Waals surface area contributed by atoms with Gasteiger partial charge in [0, 0.05) is 18.2 Å². The Hall–Kier alpha value is -1.61. The van der Waals surface area contributed by atoms with Crippen molar-refractivity contribution in [2.24, 2.45) is 17.6 Å². The van der Waals surface area contributed by atoms with Crippen LogP contribution in [0.15, 0.2) is 35.1 Å². The number of rotatable bonds is 2. The molecule has 3 heteroatoms. The van der Waals surface area contributed by atoms with Gasteiger partial charge in [0.2, 0.25) is 0 Å². The number of aromatic nitrogens is 1. The summed E-state index contributed by atoms with van der Waals surface area (Å²) in [5, 5.41) is 1.11. The van der Waals surface area contributed by atoms with Crippen LogP contribution < -0.4 is 11.3 Å². The van der Waals surface area contributed by atoms with Crippen molar-refractivity contribution in [1.29, 1.82) is 0 Å². The van der Waals surface area contributed by atoms with Crippen LogP contribution in [0.3, 0.4) is 0 Å². The zero-order chi connectivity index (χ0) is 15.0. The SMILES string of the molecule is CC1CCC(n2c(=O)c(CN)cc3ccccc32)CC1C. The van der Waals surface area contributed by atoms with Crippen molar-refractivity contribution in [2.75, 3.05) is 0 Å². The second-order valence-corrected chi connectivity index (χ2v) is 6.53. The molecule has 21 heavy (non-hydrogen) atoms. The number of fused-ring (bicyclic) bond motifs is 1. The van der Waals surface area contributed by atoms with E-state index in [-0.39, 0.29) is 5.56 Å². The van der Waals surface area contributed by atoms with Crippen molar-refractivity contribution in [3.63, 3.8) is 0 Å². The molecule has 1 aliphatic carbocycles. The third-order valence-corrected chi connectivity index (χ3v) is 5.18. The van der Waals surface area contributed by atoms with E-state index in [2.05, 4.69) is 26.0 Å². The largest absolute Gasteiger partial charge is 0.326 e. The van der Waals surface area contributed by atoms with Crippen LogP contribution in [-0.4, -0.2) is 4.57 Å². The van der Waals surface area contributed by atoms with Gasteiger partial charge < -0.3 is 10.3 Å². The van der Waals surface area contributed by atoms with E-state index in [9.17, 15) is 4.79 Å². The molecule has 3 atom stereocenters. The summed E-state index contributed by atoms with van der Waals surface area (Å²) in [5.74, 6) is 1.41. The lowest BCUT2D eigenvalue weighted by atomic mass is 9.79. The molecule has 1 fully saturated rings. The molecule has 0 aliphatic heterocycles. The summed E-state index contributed by atoms with van der Waals surface area (Å²) >= 11 is 0. The molecule has 112 valence electrons. The molecule has 3 unspecified atom stereocenters. The average molecular weight is 284 g/mol. The summed E-state index contributed by atoms with van der Waals surface area (Å²) in [7, 11) is 0. The van der Waals surface area contributed by atoms with Gasteiger partial charge in [0.25, 0.3) is 5.56 Å². The molecular formula is C18H24N2O. The Morgan fingerprint density at radius 2 is 1.95 bits per heavy atom. The maximum absolute atomic E-state index is 12.8. The average Bonchev–Trinajstić information content (AvgIpc) is 2.49. The summed E-state index contributed by atoms with van der Waals surface area (Å²) in [6.07, 6.45) is 3.36. The van der Waals surface area contributed by atoms with Crippen molar-refractivity contribution in [2.45, 2.75) is 45.7 Å². The molecule has 1 saturated carbocycles. The van der Waals surface area contributed by atoms with Crippen LogP contribution in [0.1, 0.15) is 44.7 Å². The highest BCUT2D eigenvalue weighted by atomic mass is 16.1. The Balaban J connectivity index is 2.16. The summed E-state index contributed by atoms with van der Waals surface area (Å²) in [4.78, 5) is 12.8. The van der Waals surface area contributed by atoms with Gasteiger partial charge in [-0.05, 0) is 48.6 Å². The lowest BCUT2D eigenvalue weighted by molar-refractivity contribution is 0.211. The Labute approximate surface area is 125 Å². The highest BCUT2D eigenvalue weighted by molar-refractivity contribution is 5.79. The van der Waals surface area contributed by atoms with Gasteiger partial charge in [-0.15, -0.1) is 0 Å². The van der Waals surface area contributed by atoms with Gasteiger partial charge in [-0.1, -0.05) is 32.0 Å². The fourth-order valence-corrected chi connectivity index (χ4v) is 3.60. The van der Waals surface area contributed by atoms with E-state index < -0.39 is 0 Å². The normalized spacial score (nSPS) is 26.1. The van der Waals surface area contributed by atoms with Gasteiger partial charge in [0.15, 0.2) is 0 Å². The lowest BCUT2D eigenvalue weighted by Gasteiger charge is -2.34. The fourth-order valence-electron chi connectivity index (χ4n) is 3.60. The topological polar surface area (TPSA) is 48.0 Å². The highest BCUT2D eigenvalue weighted by Gasteiger charge is 2.27. The molecule has 1 aromatic carbocycles. The first kappa shape index (κ1) is 14.3. The van der Waals surface area contributed by atoms with E-state index in [1.807, 2.05) is 22.8 Å². The predicted octanol–water partition coefficient (Wildman–Crippen LogP) is 3.46. The maximum atomic E-state index is 12.8. The molecule has 0 saturated heterocycles. The molecule has 1 aromatic heterocycles. The van der Waals surface area contributed by atoms with Gasteiger partial charge in [0.05, 0.1) is 5.52 Å². The van der Waals surface area contributed by atoms with Crippen LogP contribution in [-0.2, 0) is 6.54 Å². The van der Waals surface area contributed by atoms with E-state index in [4.69, 9.17) is 5.73 Å². The summed E-state index contributed by atoms with van der Waals surface area (Å²) < 4.78 is 2.01. The van der Waals surface area contributed by atoms with Gasteiger partial charge >= 0.3 is 0 Å². The van der Waals surface area contributed by atoms with Gasteiger partial charge in [-0.2, -0.15) is 0 Å². The smallest absolute Gasteiger partial charge is 0.255 e. The first-order valence-corrected chi connectivity index (χ1v) is 7.95. The van der Waals surface area contributed by atoms with Crippen LogP contribution in [0.5, 0.6) is 0 Å². The molecule has 1 heterocycles. The number of nitrogens with two attached hydrogens (primary N) is 1. The number of hydrogen-bond acceptors (Lipinski definition) is 2. The Morgan fingerprint density at radius 1 is 1.19 bits per heavy atom. The van der Waals surface area contributed by atoms with Crippen molar-refractivity contribution in [1.82, 2.24) is 4.57 Å². The third kappa shape index (κ3) is 2.51. The Morgan fingerprint density at radius 3 is 2.67 bits per heavy atom. The van der Waals surface area contributed by atoms with E-state index >= 15 is 0 Å². The molecule has 1 aliphatic rings. The monoisotopic (exact) mass is 284 g/mol. The van der Waals surface area contributed by atoms with Crippen LogP contribution in [0, 0.1) is 11.8 Å². The zero-order valence-electron chi connectivity index (χ0n) is 12.9. The quantitative estimate of drug-likeness (QED) is 0.918. The minimum atomic E-state index is 0.1000. The molecule has 2 N–H and O–H groups in total. The fraction of sp³-hybridized carbons (Fsp3) is 0.500. The minimum absolute atomic E-state index is 0.1000. The van der Waals surface area contributed by atoms with Gasteiger partial charge in [-0.25, -0.2) is 0 Å². The Kier molecular flexibility index (Phi) is 3.85. The van der Waals surface area contributed by atoms with E-state index in [0.29, 0.717) is 18.5 Å². The van der Waals surface area contributed by atoms with Crippen LogP contribution in [0.2, 0.25) is 0 Å². The number of nitrogens with zero attached hydrogens (tertiary/aromatic N) is 1. The molecule has 0 bridgehead atoms. The van der Waals surface area contributed by atoms with Crippen molar-refractivity contribution in [3.05, 3.63) is 46.2 Å².